The molecule has 4 saturated heterocycles. The van der Waals surface area contributed by atoms with Crippen LogP contribution in [0.25, 0.3) is 0 Å². The zero-order valence-electron chi connectivity index (χ0n) is 64.8. The molecule has 596 valence electrons. The van der Waals surface area contributed by atoms with Crippen molar-refractivity contribution in [3.05, 3.63) is 243 Å². The summed E-state index contributed by atoms with van der Waals surface area (Å²) in [6.45, 7) is 20.6. The number of ether oxygens (including phenoxy) is 4. The second kappa shape index (κ2) is 44.0. The lowest BCUT2D eigenvalue weighted by Gasteiger charge is -2.57. The molecule has 110 heavy (non-hydrogen) atoms. The number of rotatable bonds is 38. The molecule has 8 aromatic rings. The zero-order valence-corrected chi connectivity index (χ0v) is 77.6. The maximum absolute atomic E-state index is 9.78. The molecule has 4 atom stereocenters. The monoisotopic (exact) mass is 1710 g/mol. The lowest BCUT2D eigenvalue weighted by molar-refractivity contribution is 0.0491. The van der Waals surface area contributed by atoms with Gasteiger partial charge in [0.25, 0.3) is 0 Å². The molecular weight excluding hydrogens is 1600 g/mol. The Balaban J connectivity index is 0.000000783. The normalized spacial score (nSPS) is 25.1. The van der Waals surface area contributed by atoms with E-state index in [0.717, 1.165) is 38.9 Å². The molecule has 22 nitrogen and oxygen atoms in total. The first-order valence-electron chi connectivity index (χ1n) is 38.3. The molecule has 0 aliphatic carbocycles. The average Bonchev–Trinajstić information content (AvgIpc) is 0.687. The number of hydrogen-bond acceptors (Lipinski definition) is 22. The summed E-state index contributed by atoms with van der Waals surface area (Å²) in [7, 11) is -50.3. The number of benzene rings is 8. The number of unbranched alkanes of at least 4 members (excludes halogenated alkanes) is 2. The molecule has 0 spiro atoms. The van der Waals surface area contributed by atoms with Crippen molar-refractivity contribution in [2.24, 2.45) is 0 Å². The van der Waals surface area contributed by atoms with Crippen LogP contribution in [0.5, 0.6) is 0 Å². The van der Waals surface area contributed by atoms with E-state index in [9.17, 15) is 10.2 Å². The molecule has 0 saturated carbocycles. The van der Waals surface area contributed by atoms with E-state index in [1.54, 1.807) is 0 Å². The van der Waals surface area contributed by atoms with Gasteiger partial charge in [-0.15, -0.1) is 0 Å². The van der Waals surface area contributed by atoms with Crippen LogP contribution in [0.4, 0.5) is 0 Å². The standard InChI is InChI=1S/C64H84O18Si12.2C6H14O2/c1-83-69-87(57-33-15-7-16-34-57)73-91(61-41-23-11-24-42-61)77-89(59-37-19-9-20-38-59,71-85(3,4)55-31-51-67-53-49-65)78-92(74-87,62-43-25-12-26-44-62)82-94(64-47-29-14-30-48-64)76-88(70-84-2,58-35-17-8-18-36-58)75-93(81-91,63-45-27-13-28-46-63)79-90(80-94,60-39-21-10-22-40-60)72-86(5,6)56-32-52-68-54-50-66;2*1-2-3-5-8-6-4-7/h7-30,33-48,65-66H,31-32,49-56,83-84H2,1-6H3;2*7H,2-6H2,1H3. The predicted molar refractivity (Wildman–Crippen MR) is 454 cm³/mol. The van der Waals surface area contributed by atoms with Crippen molar-refractivity contribution < 1.29 is 97.0 Å². The summed E-state index contributed by atoms with van der Waals surface area (Å²) < 4.78 is 140. The van der Waals surface area contributed by atoms with Crippen LogP contribution in [0.3, 0.4) is 0 Å². The van der Waals surface area contributed by atoms with Gasteiger partial charge in [-0.25, -0.2) is 0 Å². The molecule has 0 aromatic heterocycles. The maximum Gasteiger partial charge on any atom is 0.515 e. The fourth-order valence-electron chi connectivity index (χ4n) is 12.5. The number of aliphatic hydroxyl groups excluding tert-OH is 4. The lowest BCUT2D eigenvalue weighted by Crippen LogP contribution is -2.90. The minimum atomic E-state index is -5.30. The lowest BCUT2D eigenvalue weighted by atomic mass is 10.4. The highest BCUT2D eigenvalue weighted by Gasteiger charge is 2.80. The van der Waals surface area contributed by atoms with Gasteiger partial charge in [0.1, 0.15) is 19.5 Å². The topological polar surface area (TPSA) is 247 Å². The third kappa shape index (κ3) is 23.8. The Kier molecular flexibility index (Phi) is 35.8. The maximum atomic E-state index is 9.78. The Hall–Kier alpha value is -4.52. The van der Waals surface area contributed by atoms with E-state index < -0.39 is 107 Å². The van der Waals surface area contributed by atoms with E-state index >= 15 is 0 Å². The predicted octanol–water partition coefficient (Wildman–Crippen LogP) is 6.09. The van der Waals surface area contributed by atoms with Crippen molar-refractivity contribution in [2.75, 3.05) is 79.3 Å². The van der Waals surface area contributed by atoms with Gasteiger partial charge in [0, 0.05) is 67.9 Å². The van der Waals surface area contributed by atoms with Gasteiger partial charge in [-0.2, -0.15) is 0 Å². The minimum absolute atomic E-state index is 0.105. The summed E-state index contributed by atoms with van der Waals surface area (Å²) in [5.74, 6) is 0. The van der Waals surface area contributed by atoms with E-state index in [1.165, 1.54) is 0 Å². The van der Waals surface area contributed by atoms with Gasteiger partial charge in [-0.3, -0.25) is 0 Å². The van der Waals surface area contributed by atoms with Gasteiger partial charge < -0.3 is 97.0 Å². The largest absolute Gasteiger partial charge is 0.515 e. The second-order valence-electron chi connectivity index (χ2n) is 27.2. The highest BCUT2D eigenvalue weighted by Crippen LogP contribution is 2.44. The molecule has 4 heterocycles. The molecule has 4 N–H and O–H groups in total. The van der Waals surface area contributed by atoms with E-state index in [2.05, 4.69) is 40.0 Å². The van der Waals surface area contributed by atoms with Crippen molar-refractivity contribution in [1.29, 1.82) is 0 Å². The Morgan fingerprint density at radius 1 is 0.273 bits per heavy atom. The van der Waals surface area contributed by atoms with Crippen LogP contribution in [0.15, 0.2) is 243 Å². The Labute approximate surface area is 666 Å². The van der Waals surface area contributed by atoms with Crippen molar-refractivity contribution in [3.63, 3.8) is 0 Å². The smallest absolute Gasteiger partial charge is 0.419 e. The van der Waals surface area contributed by atoms with E-state index in [0.29, 0.717) is 92.9 Å². The van der Waals surface area contributed by atoms with Crippen LogP contribution < -0.4 is 41.5 Å². The van der Waals surface area contributed by atoms with E-state index in [1.807, 2.05) is 256 Å². The summed E-state index contributed by atoms with van der Waals surface area (Å²) in [5, 5.41) is 40.2. The zero-order chi connectivity index (χ0) is 78.2. The van der Waals surface area contributed by atoms with Crippen molar-refractivity contribution in [2.45, 2.75) is 104 Å². The van der Waals surface area contributed by atoms with Crippen molar-refractivity contribution in [3.8, 4) is 0 Å². The van der Waals surface area contributed by atoms with Crippen LogP contribution in [0.2, 0.25) is 51.4 Å². The van der Waals surface area contributed by atoms with E-state index in [4.69, 9.17) is 86.8 Å². The molecule has 0 radical (unpaired) electrons. The third-order valence-electron chi connectivity index (χ3n) is 17.6. The first-order valence-corrected chi connectivity index (χ1v) is 62.3. The Bertz CT molecular complexity index is 3490. The van der Waals surface area contributed by atoms with Crippen LogP contribution >= 0.6 is 0 Å². The van der Waals surface area contributed by atoms with Crippen molar-refractivity contribution >= 4 is 148 Å². The van der Waals surface area contributed by atoms with Crippen LogP contribution in [0.1, 0.15) is 52.4 Å². The fraction of sp³-hybridized carbons (Fsp3) is 0.368. The molecule has 4 unspecified atom stereocenters. The van der Waals surface area contributed by atoms with Gasteiger partial charge in [0.15, 0.2) is 16.6 Å². The number of hydrogen-bond donors (Lipinski definition) is 4. The van der Waals surface area contributed by atoms with Crippen LogP contribution in [-0.2, 0) is 76.6 Å². The summed E-state index contributed by atoms with van der Waals surface area (Å²) in [4.78, 5) is 0. The molecule has 4 aliphatic rings. The third-order valence-corrected chi connectivity index (χ3v) is 62.4. The van der Waals surface area contributed by atoms with Crippen molar-refractivity contribution in [1.82, 2.24) is 0 Å². The SMILES string of the molecule is CCCCOCCO.CCCCOCCO.C[SiH2]O[Si]1(c2ccccc2)O[Si]2(c3ccccc3)O[Si](O[Si](C)(C)CCCOCCO)(c3ccccc3)O[Si](c3ccccc3)(O1)O[Si]1(c3ccccc3)O[Si](O[SiH2]C)(c3ccccc3)O[Si](c3ccccc3)(O[Si](O[Si](C)(C)CCCOCCO)(c3ccccc3)O1)O2. The average molecular weight is 1710 g/mol. The van der Waals surface area contributed by atoms with Gasteiger partial charge in [0.05, 0.1) is 52.9 Å². The summed E-state index contributed by atoms with van der Waals surface area (Å²) in [6.07, 6.45) is 5.69. The first-order chi connectivity index (χ1) is 53.4. The molecule has 12 rings (SSSR count). The van der Waals surface area contributed by atoms with Gasteiger partial charge >= 0.3 is 70.4 Å². The summed E-state index contributed by atoms with van der Waals surface area (Å²) in [5.41, 5.74) is 0. The summed E-state index contributed by atoms with van der Waals surface area (Å²) in [6, 6.07) is 78.8. The molecule has 8 aromatic carbocycles. The highest BCUT2D eigenvalue weighted by molar-refractivity contribution is 7.11. The highest BCUT2D eigenvalue weighted by atomic mass is 28.6. The summed E-state index contributed by atoms with van der Waals surface area (Å²) >= 11 is 0. The quantitative estimate of drug-likeness (QED) is 0.0253. The molecule has 0 amide bonds. The molecule has 4 bridgehead atoms. The first kappa shape index (κ1) is 89.4. The van der Waals surface area contributed by atoms with Crippen LogP contribution in [-0.4, -0.2) is 206 Å². The van der Waals surface area contributed by atoms with Gasteiger partial charge in [-0.1, -0.05) is 282 Å². The Morgan fingerprint density at radius 2 is 0.473 bits per heavy atom. The molecular formula is C76H112O22Si12. The molecule has 34 heteroatoms. The minimum Gasteiger partial charge on any atom is -0.419 e. The number of aliphatic hydroxyl groups is 4. The molecule has 4 aliphatic heterocycles. The second-order valence-corrected chi connectivity index (χ2v) is 62.1. The van der Waals surface area contributed by atoms with Gasteiger partial charge in [0.2, 0.25) is 0 Å². The number of fused-ring (bicyclic) bond motifs is 4. The Morgan fingerprint density at radius 3 is 0.682 bits per heavy atom. The van der Waals surface area contributed by atoms with E-state index in [-0.39, 0.29) is 39.6 Å². The fourth-order valence-corrected chi connectivity index (χ4v) is 68.7. The molecule has 4 fully saturated rings. The van der Waals surface area contributed by atoms with Crippen LogP contribution in [0, 0.1) is 0 Å². The van der Waals surface area contributed by atoms with Gasteiger partial charge in [-0.05, 0) is 64.0 Å².